The SMILES string of the molecule is CCOc1ccccc1C(=O)OCC(=O)N(CCOC)c1c(N)n(CC(C)C)c(=O)[nH]c1=O. The van der Waals surface area contributed by atoms with E-state index in [2.05, 4.69) is 4.98 Å². The van der Waals surface area contributed by atoms with Crippen LogP contribution in [0.15, 0.2) is 33.9 Å². The Morgan fingerprint density at radius 1 is 1.21 bits per heavy atom. The van der Waals surface area contributed by atoms with Crippen molar-refractivity contribution >= 4 is 23.4 Å². The van der Waals surface area contributed by atoms with E-state index >= 15 is 0 Å². The Morgan fingerprint density at radius 3 is 2.55 bits per heavy atom. The van der Waals surface area contributed by atoms with E-state index in [-0.39, 0.29) is 42.7 Å². The molecule has 0 radical (unpaired) electrons. The van der Waals surface area contributed by atoms with E-state index in [1.807, 2.05) is 13.8 Å². The quantitative estimate of drug-likeness (QED) is 0.471. The highest BCUT2D eigenvalue weighted by molar-refractivity contribution is 5.99. The smallest absolute Gasteiger partial charge is 0.342 e. The molecule has 1 heterocycles. The van der Waals surface area contributed by atoms with Crippen LogP contribution in [0.3, 0.4) is 0 Å². The number of methoxy groups -OCH3 is 1. The van der Waals surface area contributed by atoms with Gasteiger partial charge in [-0.15, -0.1) is 0 Å². The fourth-order valence-corrected chi connectivity index (χ4v) is 3.13. The molecule has 1 aromatic heterocycles. The van der Waals surface area contributed by atoms with Gasteiger partial charge < -0.3 is 19.9 Å². The first-order valence-electron chi connectivity index (χ1n) is 10.5. The number of carbonyl (C=O) groups excluding carboxylic acids is 2. The number of aromatic amines is 1. The van der Waals surface area contributed by atoms with Crippen LogP contribution in [0.1, 0.15) is 31.1 Å². The Bertz CT molecular complexity index is 1090. The van der Waals surface area contributed by atoms with Gasteiger partial charge in [0.2, 0.25) is 0 Å². The molecule has 0 saturated heterocycles. The number of ether oxygens (including phenoxy) is 3. The lowest BCUT2D eigenvalue weighted by Gasteiger charge is -2.24. The summed E-state index contributed by atoms with van der Waals surface area (Å²) in [5.41, 5.74) is 4.59. The van der Waals surface area contributed by atoms with Crippen molar-refractivity contribution in [2.75, 3.05) is 44.1 Å². The molecule has 1 aromatic carbocycles. The number of carbonyl (C=O) groups is 2. The third kappa shape index (κ3) is 6.45. The predicted octanol–water partition coefficient (Wildman–Crippen LogP) is 1.01. The zero-order chi connectivity index (χ0) is 24.5. The van der Waals surface area contributed by atoms with E-state index < -0.39 is 29.7 Å². The van der Waals surface area contributed by atoms with Crippen LogP contribution in [0.2, 0.25) is 0 Å². The van der Waals surface area contributed by atoms with Gasteiger partial charge in [0, 0.05) is 20.2 Å². The number of hydrogen-bond donors (Lipinski definition) is 2. The Kier molecular flexibility index (Phi) is 9.22. The first-order valence-corrected chi connectivity index (χ1v) is 10.5. The van der Waals surface area contributed by atoms with E-state index in [1.165, 1.54) is 17.7 Å². The van der Waals surface area contributed by atoms with Gasteiger partial charge in [-0.25, -0.2) is 9.59 Å². The molecular weight excluding hydrogens is 432 g/mol. The third-order valence-electron chi connectivity index (χ3n) is 4.59. The molecular formula is C22H30N4O7. The lowest BCUT2D eigenvalue weighted by molar-refractivity contribution is -0.121. The number of nitrogens with two attached hydrogens (primary N) is 1. The molecule has 2 rings (SSSR count). The van der Waals surface area contributed by atoms with Gasteiger partial charge in [-0.1, -0.05) is 26.0 Å². The average Bonchev–Trinajstić information content (AvgIpc) is 2.77. The number of hydrogen-bond acceptors (Lipinski definition) is 8. The molecule has 0 atom stereocenters. The highest BCUT2D eigenvalue weighted by atomic mass is 16.5. The maximum absolute atomic E-state index is 13.0. The van der Waals surface area contributed by atoms with Crippen molar-refractivity contribution in [3.8, 4) is 5.75 Å². The number of H-pyrrole nitrogens is 1. The highest BCUT2D eigenvalue weighted by Gasteiger charge is 2.26. The lowest BCUT2D eigenvalue weighted by atomic mass is 10.2. The fourth-order valence-electron chi connectivity index (χ4n) is 3.13. The van der Waals surface area contributed by atoms with Gasteiger partial charge in [0.15, 0.2) is 12.3 Å². The summed E-state index contributed by atoms with van der Waals surface area (Å²) in [7, 11) is 1.43. The molecule has 0 aliphatic rings. The van der Waals surface area contributed by atoms with Crippen LogP contribution < -0.4 is 26.6 Å². The number of para-hydroxylation sites is 1. The molecule has 0 aliphatic carbocycles. The molecule has 0 bridgehead atoms. The Balaban J connectivity index is 2.32. The van der Waals surface area contributed by atoms with Crippen molar-refractivity contribution in [1.82, 2.24) is 9.55 Å². The average molecular weight is 463 g/mol. The molecule has 0 saturated carbocycles. The van der Waals surface area contributed by atoms with Crippen molar-refractivity contribution in [1.29, 1.82) is 0 Å². The first kappa shape index (κ1) is 25.7. The summed E-state index contributed by atoms with van der Waals surface area (Å²) < 4.78 is 16.8. The number of amides is 1. The van der Waals surface area contributed by atoms with Gasteiger partial charge in [-0.2, -0.15) is 0 Å². The van der Waals surface area contributed by atoms with Crippen LogP contribution in [0, 0.1) is 5.92 Å². The van der Waals surface area contributed by atoms with E-state index in [0.717, 1.165) is 4.90 Å². The zero-order valence-electron chi connectivity index (χ0n) is 19.3. The fraction of sp³-hybridized carbons (Fsp3) is 0.455. The van der Waals surface area contributed by atoms with Crippen LogP contribution in [0.25, 0.3) is 0 Å². The maximum atomic E-state index is 13.0. The minimum absolute atomic E-state index is 0.0461. The van der Waals surface area contributed by atoms with Gasteiger partial charge >= 0.3 is 11.7 Å². The Hall–Kier alpha value is -3.60. The molecule has 33 heavy (non-hydrogen) atoms. The van der Waals surface area contributed by atoms with Crippen molar-refractivity contribution in [2.24, 2.45) is 5.92 Å². The second-order valence-corrected chi connectivity index (χ2v) is 7.54. The second-order valence-electron chi connectivity index (χ2n) is 7.54. The summed E-state index contributed by atoms with van der Waals surface area (Å²) in [6, 6.07) is 6.49. The highest BCUT2D eigenvalue weighted by Crippen LogP contribution is 2.20. The van der Waals surface area contributed by atoms with Gasteiger partial charge in [0.25, 0.3) is 11.5 Å². The van der Waals surface area contributed by atoms with Crippen LogP contribution in [0.4, 0.5) is 11.5 Å². The molecule has 0 spiro atoms. The summed E-state index contributed by atoms with van der Waals surface area (Å²) in [5.74, 6) is -1.24. The van der Waals surface area contributed by atoms with E-state index in [4.69, 9.17) is 19.9 Å². The molecule has 0 fully saturated rings. The van der Waals surface area contributed by atoms with Crippen molar-refractivity contribution < 1.29 is 23.8 Å². The molecule has 11 heteroatoms. The molecule has 2 aromatic rings. The third-order valence-corrected chi connectivity index (χ3v) is 4.59. The molecule has 1 amide bonds. The number of nitrogens with zero attached hydrogens (tertiary/aromatic N) is 2. The van der Waals surface area contributed by atoms with Crippen LogP contribution in [-0.2, 0) is 20.8 Å². The number of rotatable bonds is 11. The predicted molar refractivity (Wildman–Crippen MR) is 123 cm³/mol. The summed E-state index contributed by atoms with van der Waals surface area (Å²) in [6.45, 7) is 5.50. The summed E-state index contributed by atoms with van der Waals surface area (Å²) in [6.07, 6.45) is 0. The summed E-state index contributed by atoms with van der Waals surface area (Å²) in [4.78, 5) is 53.6. The maximum Gasteiger partial charge on any atom is 0.342 e. The number of nitrogens with one attached hydrogen (secondary N) is 1. The van der Waals surface area contributed by atoms with E-state index in [9.17, 15) is 19.2 Å². The van der Waals surface area contributed by atoms with Crippen molar-refractivity contribution in [2.45, 2.75) is 27.3 Å². The Labute approximate surface area is 191 Å². The number of aromatic nitrogens is 2. The lowest BCUT2D eigenvalue weighted by Crippen LogP contribution is -2.44. The molecule has 11 nitrogen and oxygen atoms in total. The molecule has 0 aliphatic heterocycles. The molecule has 0 unspecified atom stereocenters. The summed E-state index contributed by atoms with van der Waals surface area (Å²) >= 11 is 0. The van der Waals surface area contributed by atoms with Gasteiger partial charge in [0.05, 0.1) is 13.2 Å². The minimum atomic E-state index is -0.824. The second kappa shape index (κ2) is 11.9. The monoisotopic (exact) mass is 462 g/mol. The van der Waals surface area contributed by atoms with Gasteiger partial charge in [0.1, 0.15) is 17.1 Å². The van der Waals surface area contributed by atoms with E-state index in [0.29, 0.717) is 12.4 Å². The molecule has 180 valence electrons. The normalized spacial score (nSPS) is 10.8. The standard InChI is InChI=1S/C22H30N4O7/c1-5-32-16-9-7-6-8-15(16)21(29)33-13-17(27)25(10-11-31-4)18-19(23)26(12-14(2)3)22(30)24-20(18)28/h6-9,14H,5,10-13,23H2,1-4H3,(H,24,28,30). The number of nitrogen functional groups attached to an aromatic ring is 1. The molecule has 3 N–H and O–H groups in total. The van der Waals surface area contributed by atoms with Crippen LogP contribution >= 0.6 is 0 Å². The topological polar surface area (TPSA) is 146 Å². The van der Waals surface area contributed by atoms with Crippen LogP contribution in [-0.4, -0.2) is 54.9 Å². The van der Waals surface area contributed by atoms with Crippen molar-refractivity contribution in [3.63, 3.8) is 0 Å². The number of esters is 1. The largest absolute Gasteiger partial charge is 0.493 e. The minimum Gasteiger partial charge on any atom is -0.493 e. The zero-order valence-corrected chi connectivity index (χ0v) is 19.3. The van der Waals surface area contributed by atoms with Crippen LogP contribution in [0.5, 0.6) is 5.75 Å². The van der Waals surface area contributed by atoms with Gasteiger partial charge in [-0.3, -0.25) is 24.0 Å². The van der Waals surface area contributed by atoms with E-state index in [1.54, 1.807) is 25.1 Å². The number of anilines is 2. The summed E-state index contributed by atoms with van der Waals surface area (Å²) in [5, 5.41) is 0. The first-order chi connectivity index (χ1) is 15.7. The number of benzene rings is 1. The van der Waals surface area contributed by atoms with Gasteiger partial charge in [-0.05, 0) is 25.0 Å². The van der Waals surface area contributed by atoms with Crippen molar-refractivity contribution in [3.05, 3.63) is 50.7 Å². The Morgan fingerprint density at radius 2 is 1.91 bits per heavy atom.